The van der Waals surface area contributed by atoms with Crippen LogP contribution in [0.5, 0.6) is 0 Å². The smallest absolute Gasteiger partial charge is 0.170 e. The zero-order valence-electron chi connectivity index (χ0n) is 9.74. The molecule has 0 spiro atoms. The maximum Gasteiger partial charge on any atom is 0.170 e. The molecule has 0 saturated heterocycles. The molecule has 1 aromatic rings. The summed E-state index contributed by atoms with van der Waals surface area (Å²) in [7, 11) is 0. The van der Waals surface area contributed by atoms with Crippen LogP contribution in [0.1, 0.15) is 19.4 Å². The number of hydrogen-bond acceptors (Lipinski definition) is 3. The van der Waals surface area contributed by atoms with Crippen LogP contribution in [0, 0.1) is 11.6 Å². The summed E-state index contributed by atoms with van der Waals surface area (Å²) in [5.74, 6) is -1.78. The van der Waals surface area contributed by atoms with Gasteiger partial charge in [-0.15, -0.1) is 0 Å². The topological polar surface area (TPSA) is 61.8 Å². The van der Waals surface area contributed by atoms with Gasteiger partial charge in [-0.2, -0.15) is 0 Å². The third kappa shape index (κ3) is 2.64. The lowest BCUT2D eigenvalue weighted by Crippen LogP contribution is -2.25. The molecule has 3 N–H and O–H groups in total. The molecule has 0 atom stereocenters. The first kappa shape index (κ1) is 13.2. The zero-order chi connectivity index (χ0) is 13.0. The van der Waals surface area contributed by atoms with Gasteiger partial charge in [0.15, 0.2) is 5.84 Å². The van der Waals surface area contributed by atoms with Gasteiger partial charge in [0.25, 0.3) is 0 Å². The Kier molecular flexibility index (Phi) is 4.25. The van der Waals surface area contributed by atoms with E-state index in [9.17, 15) is 8.78 Å². The van der Waals surface area contributed by atoms with Gasteiger partial charge in [0.1, 0.15) is 17.3 Å². The van der Waals surface area contributed by atoms with Crippen molar-refractivity contribution >= 4 is 11.5 Å². The second-order valence-corrected chi connectivity index (χ2v) is 3.45. The Morgan fingerprint density at radius 2 is 1.76 bits per heavy atom. The number of oxime groups is 1. The van der Waals surface area contributed by atoms with E-state index in [4.69, 9.17) is 10.9 Å². The van der Waals surface area contributed by atoms with Crippen molar-refractivity contribution in [3.8, 4) is 0 Å². The van der Waals surface area contributed by atoms with Crippen LogP contribution in [0.2, 0.25) is 0 Å². The van der Waals surface area contributed by atoms with Crippen LogP contribution >= 0.6 is 0 Å². The van der Waals surface area contributed by atoms with Crippen LogP contribution in [0.4, 0.5) is 14.5 Å². The largest absolute Gasteiger partial charge is 0.409 e. The van der Waals surface area contributed by atoms with Crippen LogP contribution < -0.4 is 10.6 Å². The van der Waals surface area contributed by atoms with E-state index in [-0.39, 0.29) is 17.1 Å². The van der Waals surface area contributed by atoms with Crippen molar-refractivity contribution < 1.29 is 14.0 Å². The Hall–Kier alpha value is -1.85. The van der Waals surface area contributed by atoms with Gasteiger partial charge in [0.2, 0.25) is 0 Å². The molecule has 6 heteroatoms. The first-order valence-corrected chi connectivity index (χ1v) is 5.27. The van der Waals surface area contributed by atoms with Crippen molar-refractivity contribution in [1.82, 2.24) is 0 Å². The molecule has 1 aromatic carbocycles. The molecule has 0 fully saturated rings. The Morgan fingerprint density at radius 3 is 2.12 bits per heavy atom. The highest BCUT2D eigenvalue weighted by atomic mass is 19.1. The minimum absolute atomic E-state index is 0.0124. The molecular weight excluding hydrogens is 228 g/mol. The average Bonchev–Trinajstić information content (AvgIpc) is 2.32. The average molecular weight is 243 g/mol. The predicted octanol–water partition coefficient (Wildman–Crippen LogP) is 1.91. The molecule has 0 saturated carbocycles. The fourth-order valence-corrected chi connectivity index (χ4v) is 1.61. The molecule has 0 heterocycles. The Morgan fingerprint density at radius 1 is 1.29 bits per heavy atom. The van der Waals surface area contributed by atoms with Crippen LogP contribution in [0.15, 0.2) is 17.3 Å². The number of halogens is 2. The summed E-state index contributed by atoms with van der Waals surface area (Å²) in [5.41, 5.74) is 5.20. The summed E-state index contributed by atoms with van der Waals surface area (Å²) < 4.78 is 27.5. The van der Waals surface area contributed by atoms with Crippen molar-refractivity contribution in [2.24, 2.45) is 10.9 Å². The lowest BCUT2D eigenvalue weighted by atomic mass is 10.1. The van der Waals surface area contributed by atoms with E-state index in [1.165, 1.54) is 0 Å². The van der Waals surface area contributed by atoms with Gasteiger partial charge in [-0.3, -0.25) is 0 Å². The standard InChI is InChI=1S/C11H15F2N3O/c1-3-16(4-2)10-8(12)5-7(6-9(10)13)11(14)15-17/h5-6,17H,3-4H2,1-2H3,(H2,14,15). The third-order valence-corrected chi connectivity index (χ3v) is 2.50. The van der Waals surface area contributed by atoms with Crippen molar-refractivity contribution in [2.45, 2.75) is 13.8 Å². The molecule has 0 aliphatic heterocycles. The van der Waals surface area contributed by atoms with Gasteiger partial charge in [0.05, 0.1) is 0 Å². The highest BCUT2D eigenvalue weighted by molar-refractivity contribution is 5.97. The van der Waals surface area contributed by atoms with Crippen molar-refractivity contribution in [2.75, 3.05) is 18.0 Å². The molecule has 0 aromatic heterocycles. The summed E-state index contributed by atoms with van der Waals surface area (Å²) in [4.78, 5) is 1.56. The quantitative estimate of drug-likeness (QED) is 0.367. The maximum absolute atomic E-state index is 13.8. The van der Waals surface area contributed by atoms with E-state index < -0.39 is 11.6 Å². The van der Waals surface area contributed by atoms with Crippen molar-refractivity contribution in [3.63, 3.8) is 0 Å². The molecule has 1 rings (SSSR count). The molecule has 0 unspecified atom stereocenters. The summed E-state index contributed by atoms with van der Waals surface area (Å²) in [6.07, 6.45) is 0. The Bertz CT molecular complexity index is 408. The second kappa shape index (κ2) is 5.47. The van der Waals surface area contributed by atoms with E-state index in [1.54, 1.807) is 18.7 Å². The highest BCUT2D eigenvalue weighted by Crippen LogP contribution is 2.24. The number of rotatable bonds is 4. The zero-order valence-corrected chi connectivity index (χ0v) is 9.74. The summed E-state index contributed by atoms with van der Waals surface area (Å²) in [6.45, 7) is 4.60. The first-order chi connectivity index (χ1) is 8.04. The van der Waals surface area contributed by atoms with E-state index in [0.29, 0.717) is 13.1 Å². The normalized spacial score (nSPS) is 11.6. The third-order valence-electron chi connectivity index (χ3n) is 2.50. The summed E-state index contributed by atoms with van der Waals surface area (Å²) in [5, 5.41) is 11.2. The number of benzene rings is 1. The minimum atomic E-state index is -0.727. The first-order valence-electron chi connectivity index (χ1n) is 5.27. The van der Waals surface area contributed by atoms with E-state index in [0.717, 1.165) is 12.1 Å². The van der Waals surface area contributed by atoms with E-state index in [1.807, 2.05) is 0 Å². The van der Waals surface area contributed by atoms with Crippen LogP contribution in [0.3, 0.4) is 0 Å². The monoisotopic (exact) mass is 243 g/mol. The van der Waals surface area contributed by atoms with Gasteiger partial charge in [0, 0.05) is 18.7 Å². The molecule has 94 valence electrons. The van der Waals surface area contributed by atoms with Gasteiger partial charge in [-0.25, -0.2) is 8.78 Å². The summed E-state index contributed by atoms with van der Waals surface area (Å²) in [6, 6.07) is 2.09. The minimum Gasteiger partial charge on any atom is -0.409 e. The van der Waals surface area contributed by atoms with Crippen molar-refractivity contribution in [3.05, 3.63) is 29.3 Å². The van der Waals surface area contributed by atoms with E-state index >= 15 is 0 Å². The van der Waals surface area contributed by atoms with Crippen molar-refractivity contribution in [1.29, 1.82) is 0 Å². The molecular formula is C11H15F2N3O. The lowest BCUT2D eigenvalue weighted by molar-refractivity contribution is 0.318. The number of nitrogens with two attached hydrogens (primary N) is 1. The van der Waals surface area contributed by atoms with E-state index in [2.05, 4.69) is 5.16 Å². The summed E-state index contributed by atoms with van der Waals surface area (Å²) >= 11 is 0. The molecule has 0 radical (unpaired) electrons. The Balaban J connectivity index is 3.28. The molecule has 4 nitrogen and oxygen atoms in total. The molecule has 17 heavy (non-hydrogen) atoms. The molecule has 0 aliphatic carbocycles. The number of amidine groups is 1. The second-order valence-electron chi connectivity index (χ2n) is 3.45. The fraction of sp³-hybridized carbons (Fsp3) is 0.364. The molecule has 0 amide bonds. The van der Waals surface area contributed by atoms with Gasteiger partial charge in [-0.05, 0) is 26.0 Å². The fourth-order valence-electron chi connectivity index (χ4n) is 1.61. The number of nitrogens with zero attached hydrogens (tertiary/aromatic N) is 2. The highest BCUT2D eigenvalue weighted by Gasteiger charge is 2.17. The maximum atomic E-state index is 13.8. The van der Waals surface area contributed by atoms with Crippen LogP contribution in [-0.4, -0.2) is 24.1 Å². The lowest BCUT2D eigenvalue weighted by Gasteiger charge is -2.22. The van der Waals surface area contributed by atoms with Gasteiger partial charge < -0.3 is 15.8 Å². The molecule has 0 aliphatic rings. The van der Waals surface area contributed by atoms with Crippen LogP contribution in [0.25, 0.3) is 0 Å². The number of hydrogen-bond donors (Lipinski definition) is 2. The SMILES string of the molecule is CCN(CC)c1c(F)cc(C(N)=NO)cc1F. The Labute approximate surface area is 98.3 Å². The number of anilines is 1. The van der Waals surface area contributed by atoms with Gasteiger partial charge >= 0.3 is 0 Å². The van der Waals surface area contributed by atoms with Crippen LogP contribution in [-0.2, 0) is 0 Å². The predicted molar refractivity (Wildman–Crippen MR) is 62.4 cm³/mol. The van der Waals surface area contributed by atoms with Gasteiger partial charge in [-0.1, -0.05) is 5.16 Å². The molecule has 0 bridgehead atoms.